The molecule has 1 N–H and O–H groups in total. The van der Waals surface area contributed by atoms with Gasteiger partial charge in [0.1, 0.15) is 5.82 Å². The molecular formula is C12H21N3O. The highest BCUT2D eigenvalue weighted by molar-refractivity contribution is 5.42. The van der Waals surface area contributed by atoms with Crippen molar-refractivity contribution in [2.75, 3.05) is 45.7 Å². The Kier molecular flexibility index (Phi) is 5.82. The second-order valence-corrected chi connectivity index (χ2v) is 4.01. The van der Waals surface area contributed by atoms with Gasteiger partial charge in [0, 0.05) is 19.3 Å². The van der Waals surface area contributed by atoms with Crippen LogP contribution < -0.4 is 5.32 Å². The van der Waals surface area contributed by atoms with Gasteiger partial charge in [0.25, 0.3) is 0 Å². The molecule has 1 rings (SSSR count). The van der Waals surface area contributed by atoms with Crippen molar-refractivity contribution in [1.29, 1.82) is 0 Å². The zero-order valence-corrected chi connectivity index (χ0v) is 10.4. The summed E-state index contributed by atoms with van der Waals surface area (Å²) in [4.78, 5) is 6.36. The first-order valence-electron chi connectivity index (χ1n) is 5.58. The summed E-state index contributed by atoms with van der Waals surface area (Å²) >= 11 is 0. The molecular weight excluding hydrogens is 202 g/mol. The third kappa shape index (κ3) is 5.09. The number of rotatable bonds is 7. The summed E-state index contributed by atoms with van der Waals surface area (Å²) in [6.07, 6.45) is 1.79. The van der Waals surface area contributed by atoms with E-state index in [0.29, 0.717) is 6.61 Å². The topological polar surface area (TPSA) is 37.4 Å². The Balaban J connectivity index is 2.10. The molecule has 4 heteroatoms. The summed E-state index contributed by atoms with van der Waals surface area (Å²) in [5.41, 5.74) is 1.16. The third-order valence-electron chi connectivity index (χ3n) is 2.23. The molecule has 0 aliphatic heterocycles. The van der Waals surface area contributed by atoms with Gasteiger partial charge in [-0.15, -0.1) is 0 Å². The summed E-state index contributed by atoms with van der Waals surface area (Å²) in [5, 5.41) is 3.25. The lowest BCUT2D eigenvalue weighted by Crippen LogP contribution is -2.20. The SMILES string of the molecule is Cc1cccnc1NCCOCCN(C)C. The molecule has 0 aromatic carbocycles. The fourth-order valence-corrected chi connectivity index (χ4v) is 1.26. The lowest BCUT2D eigenvalue weighted by atomic mass is 10.3. The van der Waals surface area contributed by atoms with E-state index in [9.17, 15) is 0 Å². The smallest absolute Gasteiger partial charge is 0.128 e. The van der Waals surface area contributed by atoms with E-state index in [2.05, 4.69) is 15.2 Å². The molecule has 0 atom stereocenters. The average Bonchev–Trinajstić information content (AvgIpc) is 2.25. The standard InChI is InChI=1S/C12H21N3O/c1-11-5-4-6-13-12(11)14-7-9-16-10-8-15(2)3/h4-6H,7-10H2,1-3H3,(H,13,14). The van der Waals surface area contributed by atoms with Crippen LogP contribution in [0.15, 0.2) is 18.3 Å². The van der Waals surface area contributed by atoms with Crippen molar-refractivity contribution in [1.82, 2.24) is 9.88 Å². The van der Waals surface area contributed by atoms with E-state index >= 15 is 0 Å². The summed E-state index contributed by atoms with van der Waals surface area (Å²) in [6, 6.07) is 3.98. The predicted molar refractivity (Wildman–Crippen MR) is 66.8 cm³/mol. The van der Waals surface area contributed by atoms with Crippen LogP contribution in [0.1, 0.15) is 5.56 Å². The quantitative estimate of drug-likeness (QED) is 0.709. The highest BCUT2D eigenvalue weighted by Crippen LogP contribution is 2.07. The van der Waals surface area contributed by atoms with Gasteiger partial charge in [0.05, 0.1) is 13.2 Å². The van der Waals surface area contributed by atoms with Crippen LogP contribution in [-0.2, 0) is 4.74 Å². The van der Waals surface area contributed by atoms with Crippen LogP contribution in [0, 0.1) is 6.92 Å². The monoisotopic (exact) mass is 223 g/mol. The van der Waals surface area contributed by atoms with Crippen molar-refractivity contribution in [3.8, 4) is 0 Å². The van der Waals surface area contributed by atoms with Crippen molar-refractivity contribution in [2.24, 2.45) is 0 Å². The average molecular weight is 223 g/mol. The zero-order chi connectivity index (χ0) is 11.8. The van der Waals surface area contributed by atoms with E-state index in [1.54, 1.807) is 6.20 Å². The Morgan fingerprint density at radius 2 is 2.19 bits per heavy atom. The first-order chi connectivity index (χ1) is 7.70. The molecule has 0 spiro atoms. The summed E-state index contributed by atoms with van der Waals surface area (Å²) in [7, 11) is 4.08. The lowest BCUT2D eigenvalue weighted by Gasteiger charge is -2.11. The Bertz CT molecular complexity index is 302. The number of ether oxygens (including phenoxy) is 1. The molecule has 1 heterocycles. The second-order valence-electron chi connectivity index (χ2n) is 4.01. The van der Waals surface area contributed by atoms with Crippen LogP contribution in [0.25, 0.3) is 0 Å². The molecule has 0 saturated carbocycles. The van der Waals surface area contributed by atoms with Crippen LogP contribution in [0.5, 0.6) is 0 Å². The van der Waals surface area contributed by atoms with Crippen LogP contribution in [0.2, 0.25) is 0 Å². The minimum atomic E-state index is 0.712. The summed E-state index contributed by atoms with van der Waals surface area (Å²) in [5.74, 6) is 0.943. The van der Waals surface area contributed by atoms with Crippen molar-refractivity contribution in [2.45, 2.75) is 6.92 Å². The molecule has 0 radical (unpaired) electrons. The lowest BCUT2D eigenvalue weighted by molar-refractivity contribution is 0.126. The normalized spacial score (nSPS) is 10.8. The summed E-state index contributed by atoms with van der Waals surface area (Å²) < 4.78 is 5.47. The molecule has 1 aromatic heterocycles. The molecule has 0 fully saturated rings. The maximum absolute atomic E-state index is 5.47. The molecule has 0 aliphatic carbocycles. The fourth-order valence-electron chi connectivity index (χ4n) is 1.26. The third-order valence-corrected chi connectivity index (χ3v) is 2.23. The molecule has 0 bridgehead atoms. The van der Waals surface area contributed by atoms with Crippen molar-refractivity contribution >= 4 is 5.82 Å². The Labute approximate surface area is 97.6 Å². The first kappa shape index (κ1) is 12.9. The van der Waals surface area contributed by atoms with Gasteiger partial charge < -0.3 is 15.0 Å². The molecule has 0 unspecified atom stereocenters. The maximum atomic E-state index is 5.47. The van der Waals surface area contributed by atoms with Gasteiger partial charge in [-0.1, -0.05) is 6.07 Å². The van der Waals surface area contributed by atoms with E-state index in [4.69, 9.17) is 4.74 Å². The highest BCUT2D eigenvalue weighted by Gasteiger charge is 1.96. The van der Waals surface area contributed by atoms with Gasteiger partial charge in [0.15, 0.2) is 0 Å². The van der Waals surface area contributed by atoms with Gasteiger partial charge in [-0.3, -0.25) is 0 Å². The molecule has 0 saturated heterocycles. The van der Waals surface area contributed by atoms with Gasteiger partial charge in [-0.25, -0.2) is 4.98 Å². The number of likely N-dealkylation sites (N-methyl/N-ethyl adjacent to an activating group) is 1. The van der Waals surface area contributed by atoms with Gasteiger partial charge in [-0.2, -0.15) is 0 Å². The zero-order valence-electron chi connectivity index (χ0n) is 10.4. The molecule has 0 aliphatic rings. The van der Waals surface area contributed by atoms with Crippen molar-refractivity contribution < 1.29 is 4.74 Å². The van der Waals surface area contributed by atoms with Gasteiger partial charge >= 0.3 is 0 Å². The van der Waals surface area contributed by atoms with Gasteiger partial charge in [0.2, 0.25) is 0 Å². The van der Waals surface area contributed by atoms with Crippen LogP contribution in [0.3, 0.4) is 0 Å². The highest BCUT2D eigenvalue weighted by atomic mass is 16.5. The summed E-state index contributed by atoms with van der Waals surface area (Å²) in [6.45, 7) is 5.29. The van der Waals surface area contributed by atoms with E-state index in [-0.39, 0.29) is 0 Å². The van der Waals surface area contributed by atoms with Crippen molar-refractivity contribution in [3.63, 3.8) is 0 Å². The molecule has 16 heavy (non-hydrogen) atoms. The van der Waals surface area contributed by atoms with Crippen LogP contribution in [0.4, 0.5) is 5.82 Å². The minimum absolute atomic E-state index is 0.712. The largest absolute Gasteiger partial charge is 0.378 e. The van der Waals surface area contributed by atoms with Gasteiger partial charge in [-0.05, 0) is 32.6 Å². The van der Waals surface area contributed by atoms with E-state index < -0.39 is 0 Å². The molecule has 4 nitrogen and oxygen atoms in total. The number of pyridine rings is 1. The van der Waals surface area contributed by atoms with Crippen LogP contribution in [-0.4, -0.2) is 50.3 Å². The fraction of sp³-hybridized carbons (Fsp3) is 0.583. The minimum Gasteiger partial charge on any atom is -0.378 e. The van der Waals surface area contributed by atoms with E-state index in [1.807, 2.05) is 33.2 Å². The number of hydrogen-bond donors (Lipinski definition) is 1. The number of nitrogens with one attached hydrogen (secondary N) is 1. The first-order valence-corrected chi connectivity index (χ1v) is 5.58. The predicted octanol–water partition coefficient (Wildman–Crippen LogP) is 1.38. The Morgan fingerprint density at radius 3 is 2.88 bits per heavy atom. The molecule has 0 amide bonds. The molecule has 1 aromatic rings. The number of aromatic nitrogens is 1. The second kappa shape index (κ2) is 7.19. The Hall–Kier alpha value is -1.13. The molecule has 90 valence electrons. The van der Waals surface area contributed by atoms with E-state index in [1.165, 1.54) is 0 Å². The number of aryl methyl sites for hydroxylation is 1. The number of nitrogens with zero attached hydrogens (tertiary/aromatic N) is 2. The van der Waals surface area contributed by atoms with Crippen LogP contribution >= 0.6 is 0 Å². The van der Waals surface area contributed by atoms with Crippen molar-refractivity contribution in [3.05, 3.63) is 23.9 Å². The Morgan fingerprint density at radius 1 is 1.38 bits per heavy atom. The number of anilines is 1. The number of hydrogen-bond acceptors (Lipinski definition) is 4. The maximum Gasteiger partial charge on any atom is 0.128 e. The van der Waals surface area contributed by atoms with E-state index in [0.717, 1.165) is 31.1 Å².